The number of fused-ring (bicyclic) bond motifs is 2. The highest BCUT2D eigenvalue weighted by atomic mass is 32.1. The molecule has 170 valence electrons. The van der Waals surface area contributed by atoms with Gasteiger partial charge in [0.2, 0.25) is 12.7 Å². The second-order valence-corrected chi connectivity index (χ2v) is 8.56. The molecule has 0 bridgehead atoms. The summed E-state index contributed by atoms with van der Waals surface area (Å²) in [6.07, 6.45) is 7.66. The molecule has 2 heterocycles. The summed E-state index contributed by atoms with van der Waals surface area (Å²) in [5.74, 6) is 1.88. The monoisotopic (exact) mass is 447 g/mol. The number of nitrogens with zero attached hydrogens (tertiary/aromatic N) is 1. The Kier molecular flexibility index (Phi) is 8.51. The van der Waals surface area contributed by atoms with Crippen molar-refractivity contribution in [2.24, 2.45) is 5.92 Å². The van der Waals surface area contributed by atoms with Crippen molar-refractivity contribution in [1.82, 2.24) is 14.9 Å². The van der Waals surface area contributed by atoms with Crippen molar-refractivity contribution in [2.45, 2.75) is 71.8 Å². The number of nitrogens with one attached hydrogen (secondary N) is 2. The van der Waals surface area contributed by atoms with E-state index >= 15 is 0 Å². The Bertz CT molecular complexity index is 1010. The molecule has 2 aromatic rings. The van der Waals surface area contributed by atoms with E-state index in [1.165, 1.54) is 19.3 Å². The van der Waals surface area contributed by atoms with Gasteiger partial charge in [-0.2, -0.15) is 0 Å². The van der Waals surface area contributed by atoms with Gasteiger partial charge in [-0.05, 0) is 43.5 Å². The first-order valence-corrected chi connectivity index (χ1v) is 11.8. The molecule has 0 radical (unpaired) electrons. The molecule has 1 amide bonds. The topological polar surface area (TPSA) is 85.4 Å². The number of unbranched alkanes of at least 4 members (excludes halogenated alkanes) is 3. The molecule has 1 atom stereocenters. The van der Waals surface area contributed by atoms with Crippen LogP contribution in [0.15, 0.2) is 16.9 Å². The number of amides is 1. The van der Waals surface area contributed by atoms with Gasteiger partial charge in [-0.1, -0.05) is 39.5 Å². The molecule has 7 nitrogen and oxygen atoms in total. The van der Waals surface area contributed by atoms with Gasteiger partial charge in [0.1, 0.15) is 0 Å². The Balaban J connectivity index is 1.46. The molecule has 3 rings (SSSR count). The maximum Gasteiger partial charge on any atom is 0.262 e. The Morgan fingerprint density at radius 3 is 2.71 bits per heavy atom. The van der Waals surface area contributed by atoms with Crippen LogP contribution in [0.3, 0.4) is 0 Å². The number of carbonyl (C=O) groups excluding carboxylic acids is 1. The number of aromatic amines is 1. The van der Waals surface area contributed by atoms with Crippen molar-refractivity contribution >= 4 is 29.0 Å². The van der Waals surface area contributed by atoms with Crippen LogP contribution >= 0.6 is 12.2 Å². The van der Waals surface area contributed by atoms with Crippen molar-refractivity contribution in [3.8, 4) is 11.5 Å². The van der Waals surface area contributed by atoms with Crippen LogP contribution in [-0.2, 0) is 11.3 Å². The van der Waals surface area contributed by atoms with Crippen molar-refractivity contribution in [2.75, 3.05) is 13.3 Å². The molecule has 0 unspecified atom stereocenters. The zero-order valence-corrected chi connectivity index (χ0v) is 19.3. The van der Waals surface area contributed by atoms with E-state index in [1.54, 1.807) is 16.7 Å². The van der Waals surface area contributed by atoms with Gasteiger partial charge < -0.3 is 19.8 Å². The lowest BCUT2D eigenvalue weighted by molar-refractivity contribution is -0.121. The standard InChI is InChI=1S/C23H33N3O4S/c1-3-5-9-16(4-2)14-24-21(27)10-7-6-8-11-26-22(28)17-12-19-20(30-15-29-19)13-18(17)25-23(26)31/h12-13,16H,3-11,14-15H2,1-2H3,(H,24,27)(H,25,31)/t16-/m0/s1. The first-order valence-electron chi connectivity index (χ1n) is 11.4. The minimum absolute atomic E-state index is 0.117. The molecule has 0 saturated carbocycles. The Morgan fingerprint density at radius 2 is 1.97 bits per heavy atom. The zero-order valence-electron chi connectivity index (χ0n) is 18.5. The van der Waals surface area contributed by atoms with E-state index in [4.69, 9.17) is 21.7 Å². The van der Waals surface area contributed by atoms with E-state index < -0.39 is 0 Å². The van der Waals surface area contributed by atoms with Crippen LogP contribution in [0.4, 0.5) is 0 Å². The van der Waals surface area contributed by atoms with Crippen molar-refractivity contribution in [3.05, 3.63) is 27.3 Å². The van der Waals surface area contributed by atoms with E-state index in [0.717, 1.165) is 32.2 Å². The summed E-state index contributed by atoms with van der Waals surface area (Å²) in [5.41, 5.74) is 0.518. The predicted molar refractivity (Wildman–Crippen MR) is 124 cm³/mol. The zero-order chi connectivity index (χ0) is 22.2. The number of rotatable bonds is 12. The minimum Gasteiger partial charge on any atom is -0.454 e. The van der Waals surface area contributed by atoms with Gasteiger partial charge in [0.15, 0.2) is 16.3 Å². The second-order valence-electron chi connectivity index (χ2n) is 8.17. The van der Waals surface area contributed by atoms with Crippen LogP contribution in [-0.4, -0.2) is 28.8 Å². The normalized spacial score (nSPS) is 13.5. The number of carbonyl (C=O) groups is 1. The molecule has 0 fully saturated rings. The van der Waals surface area contributed by atoms with E-state index in [9.17, 15) is 9.59 Å². The summed E-state index contributed by atoms with van der Waals surface area (Å²) < 4.78 is 12.7. The first-order chi connectivity index (χ1) is 15.0. The molecule has 0 spiro atoms. The summed E-state index contributed by atoms with van der Waals surface area (Å²) in [7, 11) is 0. The fourth-order valence-corrected chi connectivity index (χ4v) is 4.15. The summed E-state index contributed by atoms with van der Waals surface area (Å²) >= 11 is 5.39. The number of hydrogen-bond donors (Lipinski definition) is 2. The lowest BCUT2D eigenvalue weighted by Crippen LogP contribution is -2.29. The predicted octanol–water partition coefficient (Wildman–Crippen LogP) is 4.68. The van der Waals surface area contributed by atoms with E-state index in [0.29, 0.717) is 46.1 Å². The number of benzene rings is 1. The largest absolute Gasteiger partial charge is 0.454 e. The highest BCUT2D eigenvalue weighted by molar-refractivity contribution is 7.71. The molecule has 1 aliphatic rings. The third-order valence-electron chi connectivity index (χ3n) is 5.89. The lowest BCUT2D eigenvalue weighted by Gasteiger charge is -2.15. The minimum atomic E-state index is -0.132. The molecule has 0 saturated heterocycles. The average molecular weight is 448 g/mol. The quantitative estimate of drug-likeness (QED) is 0.364. The van der Waals surface area contributed by atoms with Crippen LogP contribution in [0.2, 0.25) is 0 Å². The van der Waals surface area contributed by atoms with Crippen LogP contribution in [0, 0.1) is 10.7 Å². The third-order valence-corrected chi connectivity index (χ3v) is 6.21. The van der Waals surface area contributed by atoms with E-state index in [2.05, 4.69) is 24.1 Å². The molecule has 8 heteroatoms. The van der Waals surface area contributed by atoms with E-state index in [1.807, 2.05) is 0 Å². The van der Waals surface area contributed by atoms with Crippen molar-refractivity contribution in [1.29, 1.82) is 0 Å². The third kappa shape index (κ3) is 6.09. The van der Waals surface area contributed by atoms with Crippen LogP contribution < -0.4 is 20.3 Å². The number of ether oxygens (including phenoxy) is 2. The van der Waals surface area contributed by atoms with Crippen LogP contribution in [0.25, 0.3) is 10.9 Å². The molecule has 1 aliphatic heterocycles. The van der Waals surface area contributed by atoms with Crippen molar-refractivity contribution < 1.29 is 14.3 Å². The SMILES string of the molecule is CCCC[C@H](CC)CNC(=O)CCCCCn1c(=S)[nH]c2cc3c(cc2c1=O)OCO3. The number of hydrogen-bond acceptors (Lipinski definition) is 5. The number of aromatic nitrogens is 2. The lowest BCUT2D eigenvalue weighted by atomic mass is 9.99. The van der Waals surface area contributed by atoms with Gasteiger partial charge in [0, 0.05) is 25.6 Å². The molecular weight excluding hydrogens is 414 g/mol. The average Bonchev–Trinajstić information content (AvgIpc) is 3.22. The molecular formula is C23H33N3O4S. The van der Waals surface area contributed by atoms with Gasteiger partial charge in [0.25, 0.3) is 5.56 Å². The highest BCUT2D eigenvalue weighted by Gasteiger charge is 2.17. The van der Waals surface area contributed by atoms with Crippen molar-refractivity contribution in [3.63, 3.8) is 0 Å². The van der Waals surface area contributed by atoms with Gasteiger partial charge in [-0.25, -0.2) is 0 Å². The van der Waals surface area contributed by atoms with Crippen LogP contribution in [0.1, 0.15) is 65.2 Å². The van der Waals surface area contributed by atoms with Gasteiger partial charge in [-0.3, -0.25) is 14.2 Å². The van der Waals surface area contributed by atoms with E-state index in [-0.39, 0.29) is 18.3 Å². The summed E-state index contributed by atoms with van der Waals surface area (Å²) in [4.78, 5) is 28.1. The maximum absolute atomic E-state index is 12.9. The van der Waals surface area contributed by atoms with Gasteiger partial charge >= 0.3 is 0 Å². The molecule has 2 N–H and O–H groups in total. The first kappa shape index (κ1) is 23.3. The highest BCUT2D eigenvalue weighted by Crippen LogP contribution is 2.34. The van der Waals surface area contributed by atoms with Gasteiger partial charge in [0.05, 0.1) is 10.9 Å². The van der Waals surface area contributed by atoms with Gasteiger partial charge in [-0.15, -0.1) is 0 Å². The fourth-order valence-electron chi connectivity index (χ4n) is 3.87. The van der Waals surface area contributed by atoms with Crippen LogP contribution in [0.5, 0.6) is 11.5 Å². The molecule has 1 aromatic carbocycles. The Labute approximate surface area is 188 Å². The Hall–Kier alpha value is -2.35. The maximum atomic E-state index is 12.9. The molecule has 0 aliphatic carbocycles. The summed E-state index contributed by atoms with van der Waals surface area (Å²) in [6, 6.07) is 3.46. The number of H-pyrrole nitrogens is 1. The fraction of sp³-hybridized carbons (Fsp3) is 0.609. The second kappa shape index (κ2) is 11.3. The summed E-state index contributed by atoms with van der Waals surface area (Å²) in [5, 5.41) is 3.61. The smallest absolute Gasteiger partial charge is 0.262 e. The molecule has 31 heavy (non-hydrogen) atoms. The summed E-state index contributed by atoms with van der Waals surface area (Å²) in [6.45, 7) is 5.83. The Morgan fingerprint density at radius 1 is 1.19 bits per heavy atom. The molecule has 1 aromatic heterocycles.